The zero-order valence-corrected chi connectivity index (χ0v) is 6.06. The summed E-state index contributed by atoms with van der Waals surface area (Å²) in [7, 11) is 0. The van der Waals surface area contributed by atoms with Gasteiger partial charge in [0.1, 0.15) is 6.10 Å². The summed E-state index contributed by atoms with van der Waals surface area (Å²) >= 11 is 0. The zero-order valence-electron chi connectivity index (χ0n) is 6.06. The van der Waals surface area contributed by atoms with Crippen LogP contribution in [0, 0.1) is 5.92 Å². The topological polar surface area (TPSA) is 46.5 Å². The van der Waals surface area contributed by atoms with Crippen LogP contribution in [0.25, 0.3) is 0 Å². The molecule has 3 atom stereocenters. The lowest BCUT2D eigenvalue weighted by molar-refractivity contribution is -0.140. The van der Waals surface area contributed by atoms with Crippen LogP contribution in [0.3, 0.4) is 0 Å². The molecule has 0 aromatic rings. The predicted octanol–water partition coefficient (Wildman–Crippen LogP) is 0.239. The maximum absolute atomic E-state index is 10.8. The molecule has 0 bridgehead atoms. The number of hydrogen-bond acceptors (Lipinski definition) is 3. The quantitative estimate of drug-likeness (QED) is 0.401. The summed E-state index contributed by atoms with van der Waals surface area (Å²) in [4.78, 5) is 10.8. The minimum atomic E-state index is -0.384. The molecule has 0 saturated carbocycles. The highest BCUT2D eigenvalue weighted by Gasteiger charge is 2.36. The molecule has 60 valence electrons. The molecule has 2 aliphatic rings. The molecule has 2 rings (SSSR count). The Labute approximate surface area is 64.7 Å². The molecular formula is C8H10O3. The molecule has 1 aliphatic heterocycles. The Morgan fingerprint density at radius 3 is 3.18 bits per heavy atom. The lowest BCUT2D eigenvalue weighted by Gasteiger charge is -2.20. The minimum Gasteiger partial charge on any atom is -0.458 e. The summed E-state index contributed by atoms with van der Waals surface area (Å²) in [5.41, 5.74) is 0. The van der Waals surface area contributed by atoms with Gasteiger partial charge in [0.25, 0.3) is 0 Å². The number of ether oxygens (including phenoxy) is 1. The highest BCUT2D eigenvalue weighted by atomic mass is 16.5. The molecule has 1 heterocycles. The maximum Gasteiger partial charge on any atom is 0.306 e. The van der Waals surface area contributed by atoms with Gasteiger partial charge in [0.05, 0.1) is 12.5 Å². The molecule has 11 heavy (non-hydrogen) atoms. The van der Waals surface area contributed by atoms with Crippen LogP contribution < -0.4 is 0 Å². The third-order valence-electron chi connectivity index (χ3n) is 2.23. The first kappa shape index (κ1) is 6.85. The largest absolute Gasteiger partial charge is 0.458 e. The molecule has 0 aromatic carbocycles. The van der Waals surface area contributed by atoms with E-state index < -0.39 is 0 Å². The Morgan fingerprint density at radius 1 is 1.55 bits per heavy atom. The fourth-order valence-corrected chi connectivity index (χ4v) is 1.67. The monoisotopic (exact) mass is 154 g/mol. The van der Waals surface area contributed by atoms with Crippen LogP contribution in [0.1, 0.15) is 12.8 Å². The van der Waals surface area contributed by atoms with Crippen molar-refractivity contribution in [1.29, 1.82) is 0 Å². The van der Waals surface area contributed by atoms with Crippen molar-refractivity contribution >= 4 is 5.97 Å². The molecule has 1 fully saturated rings. The van der Waals surface area contributed by atoms with Gasteiger partial charge in [0, 0.05) is 5.92 Å². The van der Waals surface area contributed by atoms with Crippen LogP contribution in [-0.2, 0) is 9.53 Å². The van der Waals surface area contributed by atoms with Gasteiger partial charge in [-0.1, -0.05) is 6.08 Å². The Balaban J connectivity index is 2.13. The van der Waals surface area contributed by atoms with Gasteiger partial charge in [-0.3, -0.25) is 4.79 Å². The van der Waals surface area contributed by atoms with Gasteiger partial charge in [-0.15, -0.1) is 0 Å². The van der Waals surface area contributed by atoms with Crippen molar-refractivity contribution in [3.05, 3.63) is 12.2 Å². The molecule has 3 heteroatoms. The van der Waals surface area contributed by atoms with E-state index >= 15 is 0 Å². The number of esters is 1. The minimum absolute atomic E-state index is 0.0640. The second kappa shape index (κ2) is 2.34. The van der Waals surface area contributed by atoms with Crippen molar-refractivity contribution in [2.45, 2.75) is 25.0 Å². The van der Waals surface area contributed by atoms with Crippen LogP contribution >= 0.6 is 0 Å². The van der Waals surface area contributed by atoms with Crippen LogP contribution in [0.4, 0.5) is 0 Å². The number of carbonyl (C=O) groups is 1. The Morgan fingerprint density at radius 2 is 2.36 bits per heavy atom. The van der Waals surface area contributed by atoms with Gasteiger partial charge >= 0.3 is 5.97 Å². The summed E-state index contributed by atoms with van der Waals surface area (Å²) < 4.78 is 4.98. The molecule has 1 aliphatic carbocycles. The van der Waals surface area contributed by atoms with E-state index in [1.165, 1.54) is 0 Å². The van der Waals surface area contributed by atoms with Gasteiger partial charge in [-0.2, -0.15) is 0 Å². The van der Waals surface area contributed by atoms with Crippen LogP contribution in [0.2, 0.25) is 0 Å². The lowest BCUT2D eigenvalue weighted by atomic mass is 9.89. The molecule has 0 spiro atoms. The molecule has 1 saturated heterocycles. The molecule has 1 N–H and O–H groups in total. The average Bonchev–Trinajstić information content (AvgIpc) is 2.27. The van der Waals surface area contributed by atoms with Crippen molar-refractivity contribution in [3.8, 4) is 0 Å². The van der Waals surface area contributed by atoms with Crippen LogP contribution in [0.15, 0.2) is 12.2 Å². The van der Waals surface area contributed by atoms with Crippen molar-refractivity contribution in [3.63, 3.8) is 0 Å². The molecule has 3 unspecified atom stereocenters. The van der Waals surface area contributed by atoms with E-state index in [9.17, 15) is 9.90 Å². The first-order valence-corrected chi connectivity index (χ1v) is 3.81. The first-order chi connectivity index (χ1) is 5.25. The van der Waals surface area contributed by atoms with E-state index in [1.807, 2.05) is 0 Å². The van der Waals surface area contributed by atoms with E-state index in [1.54, 1.807) is 12.2 Å². The third-order valence-corrected chi connectivity index (χ3v) is 2.23. The number of aliphatic hydroxyl groups excluding tert-OH is 1. The molecule has 0 amide bonds. The van der Waals surface area contributed by atoms with Gasteiger partial charge < -0.3 is 9.84 Å². The average molecular weight is 154 g/mol. The number of fused-ring (bicyclic) bond motifs is 1. The number of hydrogen-bond donors (Lipinski definition) is 1. The van der Waals surface area contributed by atoms with Crippen LogP contribution in [-0.4, -0.2) is 23.3 Å². The fourth-order valence-electron chi connectivity index (χ4n) is 1.67. The van der Waals surface area contributed by atoms with Crippen molar-refractivity contribution in [2.24, 2.45) is 5.92 Å². The zero-order chi connectivity index (χ0) is 7.84. The van der Waals surface area contributed by atoms with E-state index in [2.05, 4.69) is 0 Å². The van der Waals surface area contributed by atoms with E-state index in [0.717, 1.165) is 0 Å². The van der Waals surface area contributed by atoms with E-state index in [-0.39, 0.29) is 24.1 Å². The Bertz CT molecular complexity index is 209. The van der Waals surface area contributed by atoms with Crippen molar-refractivity contribution in [1.82, 2.24) is 0 Å². The molecule has 0 radical (unpaired) electrons. The van der Waals surface area contributed by atoms with Crippen molar-refractivity contribution in [2.75, 3.05) is 0 Å². The van der Waals surface area contributed by atoms with Gasteiger partial charge in [0.15, 0.2) is 0 Å². The van der Waals surface area contributed by atoms with Gasteiger partial charge in [-0.05, 0) is 12.5 Å². The third kappa shape index (κ3) is 1.16. The highest BCUT2D eigenvalue weighted by Crippen LogP contribution is 2.30. The van der Waals surface area contributed by atoms with Crippen LogP contribution in [0.5, 0.6) is 0 Å². The number of rotatable bonds is 0. The lowest BCUT2D eigenvalue weighted by Crippen LogP contribution is -2.23. The van der Waals surface area contributed by atoms with E-state index in [0.29, 0.717) is 12.8 Å². The Hall–Kier alpha value is -0.830. The van der Waals surface area contributed by atoms with Gasteiger partial charge in [0.2, 0.25) is 0 Å². The standard InChI is InChI=1S/C8H10O3/c9-6-1-2-7-5(3-6)4-8(10)11-7/h1-2,5-7,9H,3-4H2. The second-order valence-electron chi connectivity index (χ2n) is 3.11. The summed E-state index contributed by atoms with van der Waals surface area (Å²) in [5, 5.41) is 9.19. The van der Waals surface area contributed by atoms with Crippen molar-refractivity contribution < 1.29 is 14.6 Å². The highest BCUT2D eigenvalue weighted by molar-refractivity contribution is 5.72. The summed E-state index contributed by atoms with van der Waals surface area (Å²) in [5.74, 6) is 0.0706. The summed E-state index contributed by atoms with van der Waals surface area (Å²) in [6.07, 6.45) is 4.15. The Kier molecular flexibility index (Phi) is 1.46. The normalized spacial score (nSPS) is 41.9. The predicted molar refractivity (Wildman–Crippen MR) is 37.8 cm³/mol. The second-order valence-corrected chi connectivity index (χ2v) is 3.11. The number of carbonyl (C=O) groups excluding carboxylic acids is 1. The maximum atomic E-state index is 10.8. The summed E-state index contributed by atoms with van der Waals surface area (Å²) in [6, 6.07) is 0. The summed E-state index contributed by atoms with van der Waals surface area (Å²) in [6.45, 7) is 0. The molecule has 0 aromatic heterocycles. The smallest absolute Gasteiger partial charge is 0.306 e. The number of aliphatic hydroxyl groups is 1. The fraction of sp³-hybridized carbons (Fsp3) is 0.625. The van der Waals surface area contributed by atoms with Gasteiger partial charge in [-0.25, -0.2) is 0 Å². The molecular weight excluding hydrogens is 144 g/mol. The SMILES string of the molecule is O=C1CC2CC(O)C=CC2O1. The first-order valence-electron chi connectivity index (χ1n) is 3.81. The molecule has 3 nitrogen and oxygen atoms in total. The van der Waals surface area contributed by atoms with E-state index in [4.69, 9.17) is 4.74 Å².